The maximum absolute atomic E-state index is 10.1. The lowest BCUT2D eigenvalue weighted by atomic mass is 10.1. The van der Waals surface area contributed by atoms with Crippen molar-refractivity contribution in [2.75, 3.05) is 39.5 Å². The number of hydrogen-bond donors (Lipinski definition) is 1. The first-order chi connectivity index (χ1) is 23.8. The fourth-order valence-electron chi connectivity index (χ4n) is 6.39. The van der Waals surface area contributed by atoms with Crippen LogP contribution in [0.25, 0.3) is 0 Å². The number of unbranched alkanes of at least 4 members (excludes halogenated alkanes) is 18. The van der Waals surface area contributed by atoms with Gasteiger partial charge in [-0.1, -0.05) is 140 Å². The molecule has 1 N–H and O–H groups in total. The predicted octanol–water partition coefficient (Wildman–Crippen LogP) is 12.5. The third kappa shape index (κ3) is 32.0. The first-order valence-electron chi connectivity index (χ1n) is 21.0. The summed E-state index contributed by atoms with van der Waals surface area (Å²) in [5.74, 6) is 0. The van der Waals surface area contributed by atoms with Gasteiger partial charge < -0.3 is 14.6 Å². The Morgan fingerprint density at radius 1 is 0.583 bits per heavy atom. The Balaban J connectivity index is 2.05. The van der Waals surface area contributed by atoms with Crippen LogP contribution in [0.5, 0.6) is 0 Å². The molecule has 0 radical (unpaired) electrons. The molecule has 1 aliphatic heterocycles. The zero-order valence-corrected chi connectivity index (χ0v) is 32.1. The molecule has 0 aliphatic carbocycles. The number of hydrogen-bond acceptors (Lipinski definition) is 4. The minimum atomic E-state index is -0.189. The molecule has 0 aromatic carbocycles. The number of allylic oxidation sites excluding steroid dienone is 8. The molecule has 4 heteroatoms. The molecule has 0 amide bonds. The molecular formula is C44H81NO3. The van der Waals surface area contributed by atoms with Crippen LogP contribution in [0.15, 0.2) is 48.6 Å². The van der Waals surface area contributed by atoms with Crippen LogP contribution < -0.4 is 0 Å². The highest BCUT2D eigenvalue weighted by Crippen LogP contribution is 2.14. The predicted molar refractivity (Wildman–Crippen MR) is 211 cm³/mol. The first-order valence-corrected chi connectivity index (χ1v) is 21.0. The molecule has 0 saturated carbocycles. The second-order valence-corrected chi connectivity index (χ2v) is 14.3. The molecule has 2 unspecified atom stereocenters. The van der Waals surface area contributed by atoms with E-state index >= 15 is 0 Å². The molecule has 48 heavy (non-hydrogen) atoms. The molecular weight excluding hydrogens is 590 g/mol. The van der Waals surface area contributed by atoms with Gasteiger partial charge in [-0.3, -0.25) is 4.90 Å². The van der Waals surface area contributed by atoms with E-state index in [4.69, 9.17) is 9.47 Å². The van der Waals surface area contributed by atoms with E-state index in [9.17, 15) is 5.11 Å². The molecule has 1 aliphatic rings. The van der Waals surface area contributed by atoms with E-state index in [1.807, 2.05) is 0 Å². The summed E-state index contributed by atoms with van der Waals surface area (Å²) in [7, 11) is 0. The third-order valence-corrected chi connectivity index (χ3v) is 9.43. The van der Waals surface area contributed by atoms with Gasteiger partial charge in [-0.2, -0.15) is 0 Å². The molecule has 1 fully saturated rings. The van der Waals surface area contributed by atoms with Crippen molar-refractivity contribution in [3.8, 4) is 0 Å². The van der Waals surface area contributed by atoms with Gasteiger partial charge >= 0.3 is 0 Å². The van der Waals surface area contributed by atoms with E-state index in [-0.39, 0.29) is 12.2 Å². The van der Waals surface area contributed by atoms with Crippen molar-refractivity contribution in [3.05, 3.63) is 48.6 Å². The van der Waals surface area contributed by atoms with E-state index in [1.54, 1.807) is 0 Å². The molecule has 280 valence electrons. The zero-order chi connectivity index (χ0) is 34.4. The highest BCUT2D eigenvalue weighted by atomic mass is 16.5. The number of β-amino-alcohol motifs (C(OH)–C–C–N with tert-alkyl or cyclic N) is 1. The lowest BCUT2D eigenvalue weighted by molar-refractivity contribution is -0.0444. The highest BCUT2D eigenvalue weighted by molar-refractivity contribution is 4.93. The smallest absolute Gasteiger partial charge is 0.0934 e. The lowest BCUT2D eigenvalue weighted by Crippen LogP contribution is -2.44. The Labute approximate surface area is 299 Å². The Kier molecular flexibility index (Phi) is 34.6. The van der Waals surface area contributed by atoms with Crippen LogP contribution in [0, 0.1) is 0 Å². The van der Waals surface area contributed by atoms with Gasteiger partial charge in [0, 0.05) is 26.3 Å². The number of aliphatic hydroxyl groups excluding tert-OH is 1. The van der Waals surface area contributed by atoms with Crippen molar-refractivity contribution in [2.45, 2.75) is 193 Å². The van der Waals surface area contributed by atoms with E-state index < -0.39 is 0 Å². The molecule has 1 rings (SSSR count). The summed E-state index contributed by atoms with van der Waals surface area (Å²) in [6.07, 6.45) is 51.1. The van der Waals surface area contributed by atoms with E-state index in [2.05, 4.69) is 67.4 Å². The van der Waals surface area contributed by atoms with Crippen LogP contribution in [0.3, 0.4) is 0 Å². The Morgan fingerprint density at radius 3 is 1.54 bits per heavy atom. The number of likely N-dealkylation sites (tertiary alicyclic amines) is 1. The number of piperidine rings is 1. The van der Waals surface area contributed by atoms with Crippen molar-refractivity contribution in [1.29, 1.82) is 0 Å². The standard InChI is InChI=1S/C44H81NO3/c1-3-5-7-9-11-13-15-17-19-21-23-25-27-29-31-33-38-47-42-44(41-45-37-35-36-43(46)40-45)48-39-34-32-30-28-26-24-22-20-18-16-14-12-10-8-6-4-2/h11-14,17-20,43-44,46H,3-10,15-16,21-42H2,1-2H3. The monoisotopic (exact) mass is 672 g/mol. The zero-order valence-electron chi connectivity index (χ0n) is 32.1. The molecule has 2 atom stereocenters. The van der Waals surface area contributed by atoms with Gasteiger partial charge in [-0.05, 0) is 96.4 Å². The summed E-state index contributed by atoms with van der Waals surface area (Å²) in [4.78, 5) is 2.38. The van der Waals surface area contributed by atoms with Gasteiger partial charge in [0.05, 0.1) is 18.8 Å². The first kappa shape index (κ1) is 44.8. The van der Waals surface area contributed by atoms with Gasteiger partial charge in [-0.15, -0.1) is 0 Å². The molecule has 0 bridgehead atoms. The Morgan fingerprint density at radius 2 is 1.04 bits per heavy atom. The summed E-state index contributed by atoms with van der Waals surface area (Å²) in [6, 6.07) is 0. The minimum Gasteiger partial charge on any atom is -0.392 e. The maximum Gasteiger partial charge on any atom is 0.0934 e. The van der Waals surface area contributed by atoms with Crippen molar-refractivity contribution in [1.82, 2.24) is 4.90 Å². The number of ether oxygens (including phenoxy) is 2. The van der Waals surface area contributed by atoms with Gasteiger partial charge in [0.25, 0.3) is 0 Å². The fourth-order valence-corrected chi connectivity index (χ4v) is 6.39. The molecule has 0 spiro atoms. The normalized spacial score (nSPS) is 16.9. The van der Waals surface area contributed by atoms with E-state index in [0.717, 1.165) is 71.4 Å². The molecule has 1 heterocycles. The topological polar surface area (TPSA) is 41.9 Å². The van der Waals surface area contributed by atoms with Crippen molar-refractivity contribution in [2.24, 2.45) is 0 Å². The van der Waals surface area contributed by atoms with Crippen LogP contribution in [-0.2, 0) is 9.47 Å². The van der Waals surface area contributed by atoms with Crippen LogP contribution in [0.1, 0.15) is 181 Å². The second kappa shape index (κ2) is 37.1. The van der Waals surface area contributed by atoms with Gasteiger partial charge in [0.15, 0.2) is 0 Å². The largest absolute Gasteiger partial charge is 0.392 e. The summed E-state index contributed by atoms with van der Waals surface area (Å²) in [6.45, 7) is 9.58. The average Bonchev–Trinajstić information content (AvgIpc) is 3.09. The maximum atomic E-state index is 10.1. The number of aliphatic hydroxyl groups is 1. The van der Waals surface area contributed by atoms with Gasteiger partial charge in [0.2, 0.25) is 0 Å². The van der Waals surface area contributed by atoms with Crippen molar-refractivity contribution < 1.29 is 14.6 Å². The van der Waals surface area contributed by atoms with Crippen molar-refractivity contribution in [3.63, 3.8) is 0 Å². The fraction of sp³-hybridized carbons (Fsp3) is 0.818. The van der Waals surface area contributed by atoms with Crippen LogP contribution in [0.4, 0.5) is 0 Å². The van der Waals surface area contributed by atoms with E-state index in [0.29, 0.717) is 6.61 Å². The number of nitrogens with zero attached hydrogens (tertiary/aromatic N) is 1. The van der Waals surface area contributed by atoms with E-state index in [1.165, 1.54) is 128 Å². The quantitative estimate of drug-likeness (QED) is 0.0538. The van der Waals surface area contributed by atoms with Gasteiger partial charge in [0.1, 0.15) is 0 Å². The summed E-state index contributed by atoms with van der Waals surface area (Å²) < 4.78 is 12.5. The lowest BCUT2D eigenvalue weighted by Gasteiger charge is -2.32. The summed E-state index contributed by atoms with van der Waals surface area (Å²) >= 11 is 0. The summed E-state index contributed by atoms with van der Waals surface area (Å²) in [5.41, 5.74) is 0. The SMILES string of the molecule is CCCCCC=CCC=CCCCCCCCCOCC(CN1CCCC(O)C1)OCCCCCCCCC=CCC=CCCCCC. The van der Waals surface area contributed by atoms with Crippen LogP contribution in [0.2, 0.25) is 0 Å². The highest BCUT2D eigenvalue weighted by Gasteiger charge is 2.21. The molecule has 1 saturated heterocycles. The second-order valence-electron chi connectivity index (χ2n) is 14.3. The Hall–Kier alpha value is -1.20. The third-order valence-electron chi connectivity index (χ3n) is 9.43. The Bertz CT molecular complexity index is 760. The molecule has 0 aromatic heterocycles. The summed E-state index contributed by atoms with van der Waals surface area (Å²) in [5, 5.41) is 10.1. The van der Waals surface area contributed by atoms with Crippen LogP contribution in [-0.4, -0.2) is 61.7 Å². The minimum absolute atomic E-state index is 0.109. The van der Waals surface area contributed by atoms with Crippen LogP contribution >= 0.6 is 0 Å². The molecule has 0 aromatic rings. The number of rotatable bonds is 35. The molecule has 4 nitrogen and oxygen atoms in total. The van der Waals surface area contributed by atoms with Gasteiger partial charge in [-0.25, -0.2) is 0 Å². The van der Waals surface area contributed by atoms with Crippen molar-refractivity contribution >= 4 is 0 Å². The average molecular weight is 672 g/mol.